The number of benzene rings is 1. The van der Waals surface area contributed by atoms with Gasteiger partial charge in [-0.25, -0.2) is 9.18 Å². The molecule has 0 spiro atoms. The molecule has 1 N–H and O–H groups in total. The van der Waals surface area contributed by atoms with Crippen LogP contribution in [0.4, 0.5) is 9.18 Å². The molecule has 1 fully saturated rings. The Balaban J connectivity index is 1.67. The summed E-state index contributed by atoms with van der Waals surface area (Å²) in [6.07, 6.45) is 2.88. The van der Waals surface area contributed by atoms with Gasteiger partial charge in [-0.2, -0.15) is 0 Å². The highest BCUT2D eigenvalue weighted by Crippen LogP contribution is 2.12. The fraction of sp³-hybridized carbons (Fsp3) is 0.562. The number of nitrogens with zero attached hydrogens (tertiary/aromatic N) is 2. The van der Waals surface area contributed by atoms with E-state index in [0.29, 0.717) is 6.04 Å². The predicted octanol–water partition coefficient (Wildman–Crippen LogP) is 2.10. The molecule has 21 heavy (non-hydrogen) atoms. The first-order valence-electron chi connectivity index (χ1n) is 7.50. The molecule has 1 aliphatic rings. The van der Waals surface area contributed by atoms with E-state index in [1.807, 2.05) is 17.0 Å². The first-order chi connectivity index (χ1) is 10.1. The maximum Gasteiger partial charge on any atom is 0.319 e. The van der Waals surface area contributed by atoms with Crippen molar-refractivity contribution in [3.8, 4) is 0 Å². The smallest absolute Gasteiger partial charge is 0.319 e. The van der Waals surface area contributed by atoms with Crippen molar-refractivity contribution in [3.05, 3.63) is 35.6 Å². The molecule has 1 aromatic rings. The molecule has 0 aliphatic carbocycles. The lowest BCUT2D eigenvalue weighted by molar-refractivity contribution is 0.152. The number of carbonyl (C=O) groups is 1. The summed E-state index contributed by atoms with van der Waals surface area (Å²) in [5.74, 6) is -0.190. The van der Waals surface area contributed by atoms with Crippen LogP contribution in [0.3, 0.4) is 0 Å². The van der Waals surface area contributed by atoms with Gasteiger partial charge in [0.1, 0.15) is 5.82 Å². The number of urea groups is 1. The molecule has 1 aromatic carbocycles. The quantitative estimate of drug-likeness (QED) is 0.923. The van der Waals surface area contributed by atoms with E-state index in [0.717, 1.165) is 44.5 Å². The molecule has 0 bridgehead atoms. The summed E-state index contributed by atoms with van der Waals surface area (Å²) in [7, 11) is 3.57. The van der Waals surface area contributed by atoms with Crippen LogP contribution in [0.15, 0.2) is 24.3 Å². The molecule has 0 radical (unpaired) electrons. The molecule has 0 saturated carbocycles. The maximum atomic E-state index is 12.8. The van der Waals surface area contributed by atoms with Crippen molar-refractivity contribution in [2.75, 3.05) is 33.7 Å². The van der Waals surface area contributed by atoms with E-state index in [-0.39, 0.29) is 11.8 Å². The van der Waals surface area contributed by atoms with Gasteiger partial charge in [-0.3, -0.25) is 0 Å². The van der Waals surface area contributed by atoms with Crippen LogP contribution in [0, 0.1) is 5.82 Å². The van der Waals surface area contributed by atoms with E-state index in [4.69, 9.17) is 0 Å². The third-order valence-corrected chi connectivity index (χ3v) is 3.91. The second-order valence-corrected chi connectivity index (χ2v) is 5.77. The number of hydrogen-bond donors (Lipinski definition) is 1. The monoisotopic (exact) mass is 293 g/mol. The minimum Gasteiger partial charge on any atom is -0.331 e. The average molecular weight is 293 g/mol. The molecular formula is C16H24FN3O. The summed E-state index contributed by atoms with van der Waals surface area (Å²) < 4.78 is 12.8. The third kappa shape index (κ3) is 4.70. The van der Waals surface area contributed by atoms with Crippen LogP contribution in [0.2, 0.25) is 0 Å². The first kappa shape index (κ1) is 15.8. The van der Waals surface area contributed by atoms with Gasteiger partial charge in [-0.1, -0.05) is 12.1 Å². The molecule has 116 valence electrons. The summed E-state index contributed by atoms with van der Waals surface area (Å²) in [6, 6.07) is 7.22. The lowest BCUT2D eigenvalue weighted by atomic mass is 10.0. The lowest BCUT2D eigenvalue weighted by Crippen LogP contribution is -2.48. The fourth-order valence-corrected chi connectivity index (χ4v) is 2.63. The number of rotatable bonds is 4. The van der Waals surface area contributed by atoms with E-state index in [1.165, 1.54) is 12.1 Å². The molecule has 0 aromatic heterocycles. The topological polar surface area (TPSA) is 35.6 Å². The fourth-order valence-electron chi connectivity index (χ4n) is 2.63. The van der Waals surface area contributed by atoms with Crippen LogP contribution in [0.5, 0.6) is 0 Å². The van der Waals surface area contributed by atoms with Crippen molar-refractivity contribution in [2.45, 2.75) is 25.3 Å². The molecule has 2 rings (SSSR count). The van der Waals surface area contributed by atoms with E-state index in [9.17, 15) is 9.18 Å². The minimum atomic E-state index is -0.190. The Bertz CT molecular complexity index is 453. The summed E-state index contributed by atoms with van der Waals surface area (Å²) in [5.41, 5.74) is 1.14. The highest BCUT2D eigenvalue weighted by Gasteiger charge is 2.23. The van der Waals surface area contributed by atoms with Crippen molar-refractivity contribution in [3.63, 3.8) is 0 Å². The number of hydrogen-bond acceptors (Lipinski definition) is 2. The van der Waals surface area contributed by atoms with E-state index < -0.39 is 0 Å². The lowest BCUT2D eigenvalue weighted by Gasteiger charge is -2.34. The van der Waals surface area contributed by atoms with Crippen molar-refractivity contribution in [1.82, 2.24) is 15.1 Å². The van der Waals surface area contributed by atoms with Crippen LogP contribution in [0.1, 0.15) is 18.4 Å². The van der Waals surface area contributed by atoms with Gasteiger partial charge >= 0.3 is 6.03 Å². The van der Waals surface area contributed by atoms with Gasteiger partial charge in [0.05, 0.1) is 0 Å². The molecule has 0 unspecified atom stereocenters. The van der Waals surface area contributed by atoms with Gasteiger partial charge in [0.2, 0.25) is 0 Å². The van der Waals surface area contributed by atoms with Crippen molar-refractivity contribution in [2.24, 2.45) is 0 Å². The van der Waals surface area contributed by atoms with Crippen LogP contribution >= 0.6 is 0 Å². The van der Waals surface area contributed by atoms with Gasteiger partial charge < -0.3 is 15.1 Å². The van der Waals surface area contributed by atoms with E-state index in [2.05, 4.69) is 5.32 Å². The molecule has 5 heteroatoms. The van der Waals surface area contributed by atoms with Gasteiger partial charge in [0, 0.05) is 33.2 Å². The number of piperidine rings is 1. The van der Waals surface area contributed by atoms with Crippen LogP contribution in [0.25, 0.3) is 0 Å². The highest BCUT2D eigenvalue weighted by atomic mass is 19.1. The largest absolute Gasteiger partial charge is 0.331 e. The standard InChI is InChI=1S/C16H24FN3O/c1-19(2)16(21)20-11-8-15(9-12-20)18-10-7-13-3-5-14(17)6-4-13/h3-6,15,18H,7-12H2,1-2H3. The average Bonchev–Trinajstić information content (AvgIpc) is 2.49. The van der Waals surface area contributed by atoms with Gasteiger partial charge in [0.25, 0.3) is 0 Å². The molecule has 1 saturated heterocycles. The predicted molar refractivity (Wildman–Crippen MR) is 81.8 cm³/mol. The Kier molecular flexibility index (Phi) is 5.56. The number of halogens is 1. The van der Waals surface area contributed by atoms with E-state index in [1.54, 1.807) is 19.0 Å². The third-order valence-electron chi connectivity index (χ3n) is 3.91. The van der Waals surface area contributed by atoms with Gasteiger partial charge in [0.15, 0.2) is 0 Å². The van der Waals surface area contributed by atoms with Crippen LogP contribution in [-0.2, 0) is 6.42 Å². The molecule has 0 atom stereocenters. The maximum absolute atomic E-state index is 12.8. The summed E-state index contributed by atoms with van der Waals surface area (Å²) >= 11 is 0. The Morgan fingerprint density at radius 1 is 1.29 bits per heavy atom. The second kappa shape index (κ2) is 7.41. The van der Waals surface area contributed by atoms with Gasteiger partial charge in [-0.15, -0.1) is 0 Å². The zero-order chi connectivity index (χ0) is 15.2. The highest BCUT2D eigenvalue weighted by molar-refractivity contribution is 5.73. The molecular weight excluding hydrogens is 269 g/mol. The number of nitrogens with one attached hydrogen (secondary N) is 1. The van der Waals surface area contributed by atoms with Crippen molar-refractivity contribution < 1.29 is 9.18 Å². The summed E-state index contributed by atoms with van der Waals surface area (Å²) in [6.45, 7) is 2.51. The van der Waals surface area contributed by atoms with Crippen LogP contribution < -0.4 is 5.32 Å². The molecule has 4 nitrogen and oxygen atoms in total. The summed E-state index contributed by atoms with van der Waals surface area (Å²) in [4.78, 5) is 15.4. The number of carbonyl (C=O) groups excluding carboxylic acids is 1. The molecule has 2 amide bonds. The Morgan fingerprint density at radius 3 is 2.48 bits per heavy atom. The zero-order valence-electron chi connectivity index (χ0n) is 12.8. The second-order valence-electron chi connectivity index (χ2n) is 5.77. The Morgan fingerprint density at radius 2 is 1.90 bits per heavy atom. The van der Waals surface area contributed by atoms with Crippen LogP contribution in [-0.4, -0.2) is 55.6 Å². The van der Waals surface area contributed by atoms with E-state index >= 15 is 0 Å². The zero-order valence-corrected chi connectivity index (χ0v) is 12.8. The molecule has 1 heterocycles. The van der Waals surface area contributed by atoms with Gasteiger partial charge in [-0.05, 0) is 43.5 Å². The first-order valence-corrected chi connectivity index (χ1v) is 7.50. The Hall–Kier alpha value is -1.62. The molecule has 1 aliphatic heterocycles. The SMILES string of the molecule is CN(C)C(=O)N1CCC(NCCc2ccc(F)cc2)CC1. The van der Waals surface area contributed by atoms with Crippen molar-refractivity contribution >= 4 is 6.03 Å². The summed E-state index contributed by atoms with van der Waals surface area (Å²) in [5, 5.41) is 3.53. The number of amides is 2. The van der Waals surface area contributed by atoms with Crippen molar-refractivity contribution in [1.29, 1.82) is 0 Å². The normalized spacial score (nSPS) is 16.0. The number of likely N-dealkylation sites (tertiary alicyclic amines) is 1. The minimum absolute atomic E-state index is 0.0970. The Labute approximate surface area is 125 Å².